The van der Waals surface area contributed by atoms with Crippen molar-refractivity contribution < 1.29 is 5.11 Å². The molecule has 5 nitrogen and oxygen atoms in total. The van der Waals surface area contributed by atoms with Crippen LogP contribution in [-0.2, 0) is 7.05 Å². The van der Waals surface area contributed by atoms with Crippen molar-refractivity contribution in [2.75, 3.05) is 6.61 Å². The Labute approximate surface area is 96.4 Å². The first kappa shape index (κ1) is 11.2. The molecule has 6 heteroatoms. The summed E-state index contributed by atoms with van der Waals surface area (Å²) in [6, 6.07) is 2.90. The lowest BCUT2D eigenvalue weighted by Gasteiger charge is -2.09. The second-order valence-electron chi connectivity index (χ2n) is 3.68. The topological polar surface area (TPSA) is 84.0 Å². The summed E-state index contributed by atoms with van der Waals surface area (Å²) < 4.78 is 1.44. The van der Waals surface area contributed by atoms with Crippen LogP contribution in [-0.4, -0.2) is 21.3 Å². The van der Waals surface area contributed by atoms with Crippen molar-refractivity contribution in [3.8, 4) is 0 Å². The average Bonchev–Trinajstić information content (AvgIpc) is 2.54. The lowest BCUT2D eigenvalue weighted by atomic mass is 10.1. The van der Waals surface area contributed by atoms with Gasteiger partial charge in [-0.2, -0.15) is 0 Å². The summed E-state index contributed by atoms with van der Waals surface area (Å²) in [5.41, 5.74) is 7.42. The molecule has 0 aliphatic carbocycles. The zero-order valence-electron chi connectivity index (χ0n) is 8.70. The summed E-state index contributed by atoms with van der Waals surface area (Å²) in [5, 5.41) is 9.41. The molecule has 1 aromatic carbocycles. The van der Waals surface area contributed by atoms with Crippen molar-refractivity contribution in [3.05, 3.63) is 33.2 Å². The second kappa shape index (κ2) is 3.93. The maximum Gasteiger partial charge on any atom is 0.326 e. The van der Waals surface area contributed by atoms with Crippen molar-refractivity contribution in [2.24, 2.45) is 12.8 Å². The van der Waals surface area contributed by atoms with E-state index in [2.05, 4.69) is 4.98 Å². The van der Waals surface area contributed by atoms with Gasteiger partial charge in [0.2, 0.25) is 0 Å². The Hall–Kier alpha value is -1.30. The van der Waals surface area contributed by atoms with E-state index in [1.165, 1.54) is 4.57 Å². The largest absolute Gasteiger partial charge is 0.394 e. The predicted octanol–water partition coefficient (Wildman–Crippen LogP) is 0.512. The van der Waals surface area contributed by atoms with E-state index in [0.29, 0.717) is 21.6 Å². The number of aromatic amines is 1. The molecule has 86 valence electrons. The Morgan fingerprint density at radius 3 is 2.94 bits per heavy atom. The zero-order chi connectivity index (χ0) is 11.9. The number of nitrogens with one attached hydrogen (secondary N) is 1. The van der Waals surface area contributed by atoms with Crippen molar-refractivity contribution in [3.63, 3.8) is 0 Å². The van der Waals surface area contributed by atoms with Gasteiger partial charge in [0.1, 0.15) is 0 Å². The van der Waals surface area contributed by atoms with Gasteiger partial charge in [0, 0.05) is 7.05 Å². The number of rotatable bonds is 2. The third-order valence-corrected chi connectivity index (χ3v) is 2.88. The Morgan fingerprint density at radius 2 is 2.31 bits per heavy atom. The van der Waals surface area contributed by atoms with E-state index in [0.717, 1.165) is 0 Å². The molecular weight excluding hydrogens is 230 g/mol. The molecule has 0 aliphatic heterocycles. The van der Waals surface area contributed by atoms with Gasteiger partial charge in [0.15, 0.2) is 0 Å². The Morgan fingerprint density at radius 1 is 1.62 bits per heavy atom. The Bertz CT molecular complexity index is 587. The van der Waals surface area contributed by atoms with E-state index >= 15 is 0 Å². The molecule has 4 N–H and O–H groups in total. The average molecular weight is 242 g/mol. The van der Waals surface area contributed by atoms with E-state index < -0.39 is 6.04 Å². The van der Waals surface area contributed by atoms with Crippen LogP contribution in [0.25, 0.3) is 11.0 Å². The highest BCUT2D eigenvalue weighted by molar-refractivity contribution is 6.35. The molecule has 16 heavy (non-hydrogen) atoms. The van der Waals surface area contributed by atoms with Crippen LogP contribution in [0, 0.1) is 0 Å². The number of imidazole rings is 1. The molecule has 1 heterocycles. The van der Waals surface area contributed by atoms with Crippen molar-refractivity contribution >= 4 is 22.6 Å². The molecule has 1 aromatic heterocycles. The van der Waals surface area contributed by atoms with Gasteiger partial charge in [-0.05, 0) is 17.7 Å². The number of nitrogens with two attached hydrogens (primary N) is 1. The van der Waals surface area contributed by atoms with Crippen LogP contribution in [0.2, 0.25) is 5.02 Å². The number of aliphatic hydroxyl groups is 1. The second-order valence-corrected chi connectivity index (χ2v) is 4.08. The maximum atomic E-state index is 11.4. The lowest BCUT2D eigenvalue weighted by Crippen LogP contribution is -2.14. The van der Waals surface area contributed by atoms with E-state index in [-0.39, 0.29) is 12.3 Å². The summed E-state index contributed by atoms with van der Waals surface area (Å²) in [6.07, 6.45) is 0. The summed E-state index contributed by atoms with van der Waals surface area (Å²) in [7, 11) is 1.64. The van der Waals surface area contributed by atoms with Crippen LogP contribution < -0.4 is 11.4 Å². The molecule has 1 atom stereocenters. The number of H-pyrrole nitrogens is 1. The molecule has 1 unspecified atom stereocenters. The van der Waals surface area contributed by atoms with Gasteiger partial charge in [-0.1, -0.05) is 11.6 Å². The van der Waals surface area contributed by atoms with Crippen molar-refractivity contribution in [2.45, 2.75) is 6.04 Å². The molecular formula is C10H12ClN3O2. The van der Waals surface area contributed by atoms with Gasteiger partial charge in [-0.25, -0.2) is 4.79 Å². The van der Waals surface area contributed by atoms with E-state index in [4.69, 9.17) is 22.4 Å². The fourth-order valence-corrected chi connectivity index (χ4v) is 2.03. The zero-order valence-corrected chi connectivity index (χ0v) is 9.45. The highest BCUT2D eigenvalue weighted by Crippen LogP contribution is 2.25. The van der Waals surface area contributed by atoms with Crippen LogP contribution in [0.4, 0.5) is 0 Å². The van der Waals surface area contributed by atoms with Gasteiger partial charge >= 0.3 is 5.69 Å². The fourth-order valence-electron chi connectivity index (χ4n) is 1.68. The van der Waals surface area contributed by atoms with Gasteiger partial charge in [-0.3, -0.25) is 4.57 Å². The van der Waals surface area contributed by atoms with Crippen molar-refractivity contribution in [1.29, 1.82) is 0 Å². The number of aromatic nitrogens is 2. The molecule has 0 fully saturated rings. The first-order chi connectivity index (χ1) is 7.54. The molecule has 2 rings (SSSR count). The summed E-state index contributed by atoms with van der Waals surface area (Å²) in [5.74, 6) is 0. The van der Waals surface area contributed by atoms with E-state index in [1.807, 2.05) is 0 Å². The number of aryl methyl sites for hydroxylation is 1. The lowest BCUT2D eigenvalue weighted by molar-refractivity contribution is 0.268. The molecule has 0 bridgehead atoms. The molecule has 2 aromatic rings. The number of fused-ring (bicyclic) bond motifs is 1. The van der Waals surface area contributed by atoms with Crippen LogP contribution in [0.15, 0.2) is 16.9 Å². The number of benzene rings is 1. The summed E-state index contributed by atoms with van der Waals surface area (Å²) in [4.78, 5) is 14.1. The first-order valence-electron chi connectivity index (χ1n) is 4.79. The van der Waals surface area contributed by atoms with Crippen LogP contribution in [0.5, 0.6) is 0 Å². The minimum atomic E-state index is -0.495. The third-order valence-electron chi connectivity index (χ3n) is 2.59. The van der Waals surface area contributed by atoms with Crippen LogP contribution in [0.1, 0.15) is 11.6 Å². The normalized spacial score (nSPS) is 13.2. The SMILES string of the molecule is Cn1c(=O)[nH]c2cc(C(N)CO)cc(Cl)c21. The van der Waals surface area contributed by atoms with Crippen LogP contribution >= 0.6 is 11.6 Å². The number of nitrogens with zero attached hydrogens (tertiary/aromatic N) is 1. The molecule has 0 amide bonds. The van der Waals surface area contributed by atoms with Crippen molar-refractivity contribution in [1.82, 2.24) is 9.55 Å². The highest BCUT2D eigenvalue weighted by Gasteiger charge is 2.12. The molecule has 0 aliphatic rings. The number of aliphatic hydroxyl groups excluding tert-OH is 1. The first-order valence-corrected chi connectivity index (χ1v) is 5.17. The van der Waals surface area contributed by atoms with Crippen LogP contribution in [0.3, 0.4) is 0 Å². The molecule has 0 saturated heterocycles. The summed E-state index contributed by atoms with van der Waals surface area (Å²) in [6.45, 7) is -0.168. The molecule has 0 saturated carbocycles. The monoisotopic (exact) mass is 241 g/mol. The highest BCUT2D eigenvalue weighted by atomic mass is 35.5. The molecule has 0 spiro atoms. The number of hydrogen-bond acceptors (Lipinski definition) is 3. The van der Waals surface area contributed by atoms with Gasteiger partial charge < -0.3 is 15.8 Å². The predicted molar refractivity (Wildman–Crippen MR) is 62.6 cm³/mol. The minimum absolute atomic E-state index is 0.168. The smallest absolute Gasteiger partial charge is 0.326 e. The Kier molecular flexibility index (Phi) is 2.75. The number of hydrogen-bond donors (Lipinski definition) is 3. The van der Waals surface area contributed by atoms with Gasteiger partial charge in [0.05, 0.1) is 28.7 Å². The minimum Gasteiger partial charge on any atom is -0.394 e. The Balaban J connectivity index is 2.73. The van der Waals surface area contributed by atoms with E-state index in [9.17, 15) is 4.79 Å². The summed E-state index contributed by atoms with van der Waals surface area (Å²) >= 11 is 6.06. The molecule has 0 radical (unpaired) electrons. The standard InChI is InChI=1S/C10H12ClN3O2/c1-14-9-6(11)2-5(7(12)4-15)3-8(9)13-10(14)16/h2-3,7,15H,4,12H2,1H3,(H,13,16). The maximum absolute atomic E-state index is 11.4. The van der Waals surface area contributed by atoms with Gasteiger partial charge in [0.25, 0.3) is 0 Å². The van der Waals surface area contributed by atoms with E-state index in [1.54, 1.807) is 19.2 Å². The quantitative estimate of drug-likeness (QED) is 0.716. The van der Waals surface area contributed by atoms with Gasteiger partial charge in [-0.15, -0.1) is 0 Å². The third kappa shape index (κ3) is 1.63. The number of halogens is 1. The fraction of sp³-hybridized carbons (Fsp3) is 0.300.